The number of ether oxygens (including phenoxy) is 4. The Morgan fingerprint density at radius 3 is 2.41 bits per heavy atom. The van der Waals surface area contributed by atoms with Gasteiger partial charge in [-0.3, -0.25) is 14.4 Å². The predicted molar refractivity (Wildman–Crippen MR) is 110 cm³/mol. The number of nitrogens with zero attached hydrogens (tertiary/aromatic N) is 2. The van der Waals surface area contributed by atoms with Crippen LogP contribution in [0.1, 0.15) is 42.6 Å². The van der Waals surface area contributed by atoms with E-state index in [4.69, 9.17) is 29.5 Å². The molecule has 2 amide bonds. The Morgan fingerprint density at radius 2 is 1.85 bits per heavy atom. The number of rotatable bonds is 5. The van der Waals surface area contributed by atoms with Crippen molar-refractivity contribution >= 4 is 35.6 Å². The van der Waals surface area contributed by atoms with Crippen molar-refractivity contribution in [1.29, 1.82) is 0 Å². The average molecular weight is 477 g/mol. The summed E-state index contributed by atoms with van der Waals surface area (Å²) in [7, 11) is 1.19. The van der Waals surface area contributed by atoms with Gasteiger partial charge in [-0.25, -0.2) is 19.5 Å². The summed E-state index contributed by atoms with van der Waals surface area (Å²) in [6.45, 7) is 3.43. The molecule has 2 bridgehead atoms. The first-order chi connectivity index (χ1) is 16.0. The van der Waals surface area contributed by atoms with Crippen LogP contribution in [-0.4, -0.2) is 72.9 Å². The van der Waals surface area contributed by atoms with E-state index in [-0.39, 0.29) is 35.0 Å². The van der Waals surface area contributed by atoms with Crippen molar-refractivity contribution < 1.29 is 47.8 Å². The highest BCUT2D eigenvalue weighted by Gasteiger charge is 2.73. The van der Waals surface area contributed by atoms with E-state index in [2.05, 4.69) is 0 Å². The molecule has 4 rings (SSSR count). The Morgan fingerprint density at radius 1 is 1.15 bits per heavy atom. The van der Waals surface area contributed by atoms with E-state index in [9.17, 15) is 24.0 Å². The monoisotopic (exact) mass is 477 g/mol. The van der Waals surface area contributed by atoms with E-state index in [0.29, 0.717) is 0 Å². The van der Waals surface area contributed by atoms with E-state index in [1.807, 2.05) is 0 Å². The highest BCUT2D eigenvalue weighted by molar-refractivity contribution is 5.92. The lowest BCUT2D eigenvalue weighted by Gasteiger charge is -2.49. The molecule has 1 aromatic carbocycles. The summed E-state index contributed by atoms with van der Waals surface area (Å²) in [6, 6.07) is 1.64. The number of hydrogen-bond acceptors (Lipinski definition) is 11. The SMILES string of the molecule is COC(=O)c1cc(OC(C)=O)c2c(c1)N1CC3C(N3C(C)=O)C(OC(C)=O)(O1)C2COC(N)=O. The maximum atomic E-state index is 12.3. The second-order valence-corrected chi connectivity index (χ2v) is 8.08. The zero-order valence-electron chi connectivity index (χ0n) is 18.9. The van der Waals surface area contributed by atoms with Gasteiger partial charge in [0.25, 0.3) is 5.79 Å². The van der Waals surface area contributed by atoms with Gasteiger partial charge in [-0.2, -0.15) is 0 Å². The van der Waals surface area contributed by atoms with Crippen LogP contribution in [0.3, 0.4) is 0 Å². The number of carbonyl (C=O) groups excluding carboxylic acids is 5. The molecule has 34 heavy (non-hydrogen) atoms. The second kappa shape index (κ2) is 8.17. The van der Waals surface area contributed by atoms with Crippen LogP contribution in [0, 0.1) is 0 Å². The van der Waals surface area contributed by atoms with E-state index in [1.54, 1.807) is 0 Å². The van der Waals surface area contributed by atoms with Crippen LogP contribution in [-0.2, 0) is 33.4 Å². The van der Waals surface area contributed by atoms with Crippen molar-refractivity contribution in [2.75, 3.05) is 25.3 Å². The summed E-state index contributed by atoms with van der Waals surface area (Å²) in [5.74, 6) is -5.34. The molecule has 2 saturated heterocycles. The molecule has 3 heterocycles. The molecule has 13 heteroatoms. The normalized spacial score (nSPS) is 25.9. The number of nitrogens with two attached hydrogens (primary N) is 1. The predicted octanol–water partition coefficient (Wildman–Crippen LogP) is 0.201. The van der Waals surface area contributed by atoms with E-state index >= 15 is 0 Å². The third kappa shape index (κ3) is 3.67. The van der Waals surface area contributed by atoms with Gasteiger partial charge in [-0.05, 0) is 12.1 Å². The minimum absolute atomic E-state index is 0.0528. The minimum Gasteiger partial charge on any atom is -0.465 e. The summed E-state index contributed by atoms with van der Waals surface area (Å²) in [5.41, 5.74) is 5.80. The molecule has 1 aromatic rings. The third-order valence-corrected chi connectivity index (χ3v) is 5.91. The fraction of sp³-hybridized carbons (Fsp3) is 0.476. The summed E-state index contributed by atoms with van der Waals surface area (Å²) >= 11 is 0. The Hall–Kier alpha value is -3.87. The van der Waals surface area contributed by atoms with E-state index in [0.717, 1.165) is 0 Å². The molecule has 3 aliphatic rings. The standard InChI is InChI=1S/C21H23N3O10/c1-9(25)24-15-7-23-14-5-12(19(28)30-4)6-16(32-10(2)26)17(14)13(8-31-20(22)29)21(34-23,18(15)24)33-11(3)27/h5-6,13,15,18H,7-8H2,1-4H3,(H2,22,29). The Kier molecular flexibility index (Phi) is 5.59. The first kappa shape index (κ1) is 23.3. The highest BCUT2D eigenvalue weighted by Crippen LogP contribution is 2.58. The molecule has 0 radical (unpaired) electrons. The van der Waals surface area contributed by atoms with Crippen molar-refractivity contribution in [3.05, 3.63) is 23.3 Å². The van der Waals surface area contributed by atoms with Crippen LogP contribution in [0.2, 0.25) is 0 Å². The average Bonchev–Trinajstić information content (AvgIpc) is 3.47. The number of carbonyl (C=O) groups is 5. The van der Waals surface area contributed by atoms with E-state index in [1.165, 1.54) is 50.0 Å². The van der Waals surface area contributed by atoms with Crippen molar-refractivity contribution in [3.63, 3.8) is 0 Å². The molecule has 0 aliphatic carbocycles. The maximum absolute atomic E-state index is 12.3. The Labute approximate surface area is 193 Å². The van der Waals surface area contributed by atoms with Crippen molar-refractivity contribution in [2.45, 2.75) is 44.6 Å². The molecule has 4 atom stereocenters. The van der Waals surface area contributed by atoms with Crippen LogP contribution >= 0.6 is 0 Å². The van der Waals surface area contributed by atoms with Gasteiger partial charge in [0.1, 0.15) is 18.4 Å². The third-order valence-electron chi connectivity index (χ3n) is 5.91. The lowest BCUT2D eigenvalue weighted by molar-refractivity contribution is -0.265. The van der Waals surface area contributed by atoms with Gasteiger partial charge in [0.15, 0.2) is 0 Å². The molecule has 182 valence electrons. The van der Waals surface area contributed by atoms with Gasteiger partial charge in [0.05, 0.1) is 36.9 Å². The molecular formula is C21H23N3O10. The molecule has 2 N–H and O–H groups in total. The number of anilines is 1. The quantitative estimate of drug-likeness (QED) is 0.267. The summed E-state index contributed by atoms with van der Waals surface area (Å²) in [5, 5.41) is 1.36. The maximum Gasteiger partial charge on any atom is 0.404 e. The van der Waals surface area contributed by atoms with Crippen LogP contribution in [0.4, 0.5) is 10.5 Å². The summed E-state index contributed by atoms with van der Waals surface area (Å²) in [6.07, 6.45) is -1.10. The smallest absolute Gasteiger partial charge is 0.404 e. The van der Waals surface area contributed by atoms with Gasteiger partial charge in [-0.1, -0.05) is 0 Å². The minimum atomic E-state index is -1.81. The lowest BCUT2D eigenvalue weighted by atomic mass is 9.82. The number of hydrogen-bond donors (Lipinski definition) is 1. The molecular weight excluding hydrogens is 454 g/mol. The molecule has 3 aliphatic heterocycles. The highest BCUT2D eigenvalue weighted by atomic mass is 16.8. The van der Waals surface area contributed by atoms with Crippen molar-refractivity contribution in [1.82, 2.24) is 4.90 Å². The van der Waals surface area contributed by atoms with Gasteiger partial charge in [0.2, 0.25) is 5.91 Å². The lowest BCUT2D eigenvalue weighted by Crippen LogP contribution is -2.61. The molecule has 2 fully saturated rings. The molecule has 13 nitrogen and oxygen atoms in total. The van der Waals surface area contributed by atoms with Crippen LogP contribution in [0.15, 0.2) is 12.1 Å². The number of benzene rings is 1. The zero-order chi connectivity index (χ0) is 24.9. The van der Waals surface area contributed by atoms with Crippen molar-refractivity contribution in [3.8, 4) is 5.75 Å². The summed E-state index contributed by atoms with van der Waals surface area (Å²) in [4.78, 5) is 67.8. The number of amides is 2. The van der Waals surface area contributed by atoms with Crippen LogP contribution < -0.4 is 15.5 Å². The zero-order valence-corrected chi connectivity index (χ0v) is 18.9. The molecule has 0 aromatic heterocycles. The number of primary amides is 1. The van der Waals surface area contributed by atoms with Gasteiger partial charge < -0.3 is 29.6 Å². The Balaban J connectivity index is 1.96. The number of esters is 3. The van der Waals surface area contributed by atoms with Gasteiger partial charge >= 0.3 is 24.0 Å². The first-order valence-electron chi connectivity index (χ1n) is 10.3. The number of hydroxylamine groups is 1. The largest absolute Gasteiger partial charge is 0.465 e. The molecule has 0 spiro atoms. The van der Waals surface area contributed by atoms with Gasteiger partial charge in [-0.15, -0.1) is 0 Å². The second-order valence-electron chi connectivity index (χ2n) is 8.08. The molecule has 0 saturated carbocycles. The topological polar surface area (TPSA) is 164 Å². The summed E-state index contributed by atoms with van der Waals surface area (Å²) < 4.78 is 21.0. The molecule has 4 unspecified atom stereocenters. The first-order valence-corrected chi connectivity index (χ1v) is 10.3. The Bertz CT molecular complexity index is 1100. The fourth-order valence-electron chi connectivity index (χ4n) is 4.79. The van der Waals surface area contributed by atoms with Crippen molar-refractivity contribution in [2.24, 2.45) is 5.73 Å². The fourth-order valence-corrected chi connectivity index (χ4v) is 4.79. The van der Waals surface area contributed by atoms with E-state index < -0.39 is 54.4 Å². The van der Waals surface area contributed by atoms with Crippen LogP contribution in [0.5, 0.6) is 5.75 Å². The number of fused-ring (bicyclic) bond motifs is 6. The van der Waals surface area contributed by atoms with Gasteiger partial charge in [0, 0.05) is 26.3 Å². The number of methoxy groups -OCH3 is 1. The van der Waals surface area contributed by atoms with Crippen LogP contribution in [0.25, 0.3) is 0 Å².